The van der Waals surface area contributed by atoms with Crippen LogP contribution >= 0.6 is 0 Å². The van der Waals surface area contributed by atoms with Gasteiger partial charge in [-0.15, -0.1) is 0 Å². The normalized spacial score (nSPS) is 16.3. The van der Waals surface area contributed by atoms with E-state index in [-0.39, 0.29) is 0 Å². The van der Waals surface area contributed by atoms with Gasteiger partial charge in [0.1, 0.15) is 11.3 Å². The van der Waals surface area contributed by atoms with Crippen molar-refractivity contribution < 1.29 is 4.42 Å². The molecule has 3 aromatic rings. The number of nitrogens with zero attached hydrogens (tertiary/aromatic N) is 5. The van der Waals surface area contributed by atoms with E-state index in [1.807, 2.05) is 38.2 Å². The maximum absolute atomic E-state index is 5.86. The third-order valence-electron chi connectivity index (χ3n) is 4.47. The van der Waals surface area contributed by atoms with Gasteiger partial charge in [0, 0.05) is 46.0 Å². The maximum atomic E-state index is 5.86. The van der Waals surface area contributed by atoms with Crippen molar-refractivity contribution in [3.63, 3.8) is 0 Å². The van der Waals surface area contributed by atoms with Gasteiger partial charge in [-0.3, -0.25) is 4.90 Å². The third kappa shape index (κ3) is 2.82. The number of benzene rings is 1. The minimum atomic E-state index is 0.736. The second-order valence-electron chi connectivity index (χ2n) is 6.12. The van der Waals surface area contributed by atoms with Crippen LogP contribution in [0.3, 0.4) is 0 Å². The van der Waals surface area contributed by atoms with Gasteiger partial charge < -0.3 is 13.9 Å². The largest absolute Gasteiger partial charge is 0.423 e. The summed E-state index contributed by atoms with van der Waals surface area (Å²) in [5, 5.41) is 0. The van der Waals surface area contributed by atoms with Gasteiger partial charge in [0.25, 0.3) is 6.01 Å². The number of imidazole rings is 1. The number of fused-ring (bicyclic) bond motifs is 1. The summed E-state index contributed by atoms with van der Waals surface area (Å²) < 4.78 is 7.93. The summed E-state index contributed by atoms with van der Waals surface area (Å²) >= 11 is 0. The summed E-state index contributed by atoms with van der Waals surface area (Å²) in [4.78, 5) is 13.8. The van der Waals surface area contributed by atoms with Crippen LogP contribution in [-0.2, 0) is 13.6 Å². The highest BCUT2D eigenvalue weighted by Crippen LogP contribution is 2.22. The predicted octanol–water partition coefficient (Wildman–Crippen LogP) is 2.19. The van der Waals surface area contributed by atoms with Gasteiger partial charge in [-0.25, -0.2) is 4.98 Å². The number of rotatable bonds is 3. The molecule has 1 aliphatic rings. The maximum Gasteiger partial charge on any atom is 0.298 e. The number of hydrogen-bond donors (Lipinski definition) is 0. The second-order valence-corrected chi connectivity index (χ2v) is 6.12. The van der Waals surface area contributed by atoms with Crippen LogP contribution in [0.5, 0.6) is 0 Å². The Kier molecular flexibility index (Phi) is 3.53. The van der Waals surface area contributed by atoms with Crippen LogP contribution in [0, 0.1) is 6.92 Å². The fraction of sp³-hybridized carbons (Fsp3) is 0.412. The quantitative estimate of drug-likeness (QED) is 0.742. The van der Waals surface area contributed by atoms with Gasteiger partial charge in [-0.1, -0.05) is 12.1 Å². The first kappa shape index (κ1) is 14.3. The van der Waals surface area contributed by atoms with Gasteiger partial charge in [0.15, 0.2) is 5.58 Å². The van der Waals surface area contributed by atoms with Crippen molar-refractivity contribution in [2.75, 3.05) is 31.1 Å². The molecule has 0 amide bonds. The van der Waals surface area contributed by atoms with E-state index in [1.54, 1.807) is 0 Å². The summed E-state index contributed by atoms with van der Waals surface area (Å²) in [5.74, 6) is 1.06. The average Bonchev–Trinajstić information content (AvgIpc) is 3.11. The van der Waals surface area contributed by atoms with Crippen molar-refractivity contribution in [3.8, 4) is 0 Å². The minimum absolute atomic E-state index is 0.736. The first-order valence-corrected chi connectivity index (χ1v) is 8.01. The Hall–Kier alpha value is -2.34. The van der Waals surface area contributed by atoms with E-state index in [9.17, 15) is 0 Å². The Balaban J connectivity index is 1.40. The number of piperazine rings is 1. The molecular formula is C17H21N5O. The first-order chi connectivity index (χ1) is 11.2. The number of para-hydroxylation sites is 2. The van der Waals surface area contributed by atoms with Crippen LogP contribution < -0.4 is 4.90 Å². The fourth-order valence-corrected chi connectivity index (χ4v) is 3.03. The lowest BCUT2D eigenvalue weighted by Gasteiger charge is -2.33. The monoisotopic (exact) mass is 311 g/mol. The van der Waals surface area contributed by atoms with Gasteiger partial charge in [-0.05, 0) is 19.1 Å². The topological polar surface area (TPSA) is 50.3 Å². The molecule has 1 aromatic carbocycles. The van der Waals surface area contributed by atoms with E-state index in [2.05, 4.69) is 30.5 Å². The summed E-state index contributed by atoms with van der Waals surface area (Å²) in [7, 11) is 2.04. The molecule has 0 spiro atoms. The molecule has 0 N–H and O–H groups in total. The smallest absolute Gasteiger partial charge is 0.298 e. The molecule has 1 fully saturated rings. The van der Waals surface area contributed by atoms with Crippen LogP contribution in [0.2, 0.25) is 0 Å². The molecule has 1 aliphatic heterocycles. The lowest BCUT2D eigenvalue weighted by Crippen LogP contribution is -2.46. The molecule has 120 valence electrons. The van der Waals surface area contributed by atoms with Crippen molar-refractivity contribution in [1.29, 1.82) is 0 Å². The number of hydrogen-bond acceptors (Lipinski definition) is 5. The fourth-order valence-electron chi connectivity index (χ4n) is 3.03. The van der Waals surface area contributed by atoms with Crippen LogP contribution in [0.4, 0.5) is 6.01 Å². The van der Waals surface area contributed by atoms with E-state index in [0.717, 1.165) is 61.4 Å². The second kappa shape index (κ2) is 5.70. The van der Waals surface area contributed by atoms with Gasteiger partial charge >= 0.3 is 0 Å². The molecule has 0 bridgehead atoms. The Bertz CT molecular complexity index is 761. The molecule has 0 unspecified atom stereocenters. The molecule has 0 atom stereocenters. The van der Waals surface area contributed by atoms with Crippen molar-refractivity contribution in [1.82, 2.24) is 19.4 Å². The summed E-state index contributed by atoms with van der Waals surface area (Å²) in [6.45, 7) is 6.79. The van der Waals surface area contributed by atoms with E-state index >= 15 is 0 Å². The van der Waals surface area contributed by atoms with Crippen molar-refractivity contribution >= 4 is 17.1 Å². The summed E-state index contributed by atoms with van der Waals surface area (Å²) in [6.07, 6.45) is 2.11. The third-order valence-corrected chi connectivity index (χ3v) is 4.47. The van der Waals surface area contributed by atoms with Crippen LogP contribution in [-0.4, -0.2) is 45.6 Å². The van der Waals surface area contributed by atoms with Crippen LogP contribution in [0.25, 0.3) is 11.1 Å². The van der Waals surface area contributed by atoms with Gasteiger partial charge in [0.05, 0.1) is 5.69 Å². The highest BCUT2D eigenvalue weighted by atomic mass is 16.4. The average molecular weight is 311 g/mol. The SMILES string of the molecule is Cc1nc(CN2CCN(c3nc4ccccc4o3)CC2)cn1C. The van der Waals surface area contributed by atoms with Gasteiger partial charge in [0.2, 0.25) is 0 Å². The van der Waals surface area contributed by atoms with Crippen molar-refractivity contribution in [3.05, 3.63) is 42.0 Å². The van der Waals surface area contributed by atoms with Crippen LogP contribution in [0.1, 0.15) is 11.5 Å². The molecule has 1 saturated heterocycles. The lowest BCUT2D eigenvalue weighted by molar-refractivity contribution is 0.243. The minimum Gasteiger partial charge on any atom is -0.423 e. The van der Waals surface area contributed by atoms with E-state index in [1.165, 1.54) is 0 Å². The highest BCUT2D eigenvalue weighted by molar-refractivity contribution is 5.74. The van der Waals surface area contributed by atoms with E-state index in [4.69, 9.17) is 4.42 Å². The molecule has 6 nitrogen and oxygen atoms in total. The molecular weight excluding hydrogens is 290 g/mol. The Labute approximate surface area is 135 Å². The molecule has 0 radical (unpaired) electrons. The number of anilines is 1. The van der Waals surface area contributed by atoms with E-state index in [0.29, 0.717) is 0 Å². The van der Waals surface area contributed by atoms with Crippen molar-refractivity contribution in [2.45, 2.75) is 13.5 Å². The van der Waals surface area contributed by atoms with Crippen LogP contribution in [0.15, 0.2) is 34.9 Å². The van der Waals surface area contributed by atoms with Crippen molar-refractivity contribution in [2.24, 2.45) is 7.05 Å². The summed E-state index contributed by atoms with van der Waals surface area (Å²) in [5.41, 5.74) is 2.92. The Morgan fingerprint density at radius 3 is 2.57 bits per heavy atom. The Morgan fingerprint density at radius 2 is 1.87 bits per heavy atom. The molecule has 6 heteroatoms. The molecule has 2 aromatic heterocycles. The van der Waals surface area contributed by atoms with E-state index < -0.39 is 0 Å². The Morgan fingerprint density at radius 1 is 1.09 bits per heavy atom. The lowest BCUT2D eigenvalue weighted by atomic mass is 10.3. The first-order valence-electron chi connectivity index (χ1n) is 8.01. The summed E-state index contributed by atoms with van der Waals surface area (Å²) in [6, 6.07) is 8.65. The van der Waals surface area contributed by atoms with Gasteiger partial charge in [-0.2, -0.15) is 4.98 Å². The zero-order chi connectivity index (χ0) is 15.8. The number of aryl methyl sites for hydroxylation is 2. The number of aromatic nitrogens is 3. The zero-order valence-corrected chi connectivity index (χ0v) is 13.6. The zero-order valence-electron chi connectivity index (χ0n) is 13.6. The molecule has 4 rings (SSSR count). The number of oxazole rings is 1. The molecule has 3 heterocycles. The standard InChI is InChI=1S/C17H21N5O/c1-13-18-14(11-20(13)2)12-21-7-9-22(10-8-21)17-19-15-5-3-4-6-16(15)23-17/h3-6,11H,7-10,12H2,1-2H3. The molecule has 0 saturated carbocycles. The molecule has 0 aliphatic carbocycles. The predicted molar refractivity (Wildman–Crippen MR) is 89.4 cm³/mol. The highest BCUT2D eigenvalue weighted by Gasteiger charge is 2.21. The molecule has 23 heavy (non-hydrogen) atoms.